The summed E-state index contributed by atoms with van der Waals surface area (Å²) in [6, 6.07) is 1.47. The van der Waals surface area contributed by atoms with Crippen molar-refractivity contribution < 1.29 is 4.74 Å². The minimum Gasteiger partial charge on any atom is -0.375 e. The average Bonchev–Trinajstić information content (AvgIpc) is 3.29. The fourth-order valence-electron chi connectivity index (χ4n) is 3.43. The molecule has 1 saturated carbocycles. The Morgan fingerprint density at radius 3 is 2.85 bits per heavy atom. The van der Waals surface area contributed by atoms with Gasteiger partial charge in [-0.25, -0.2) is 0 Å². The number of likely N-dealkylation sites (tertiary alicyclic amines) is 1. The van der Waals surface area contributed by atoms with Gasteiger partial charge in [0.15, 0.2) is 5.96 Å². The quantitative estimate of drug-likeness (QED) is 0.620. The van der Waals surface area contributed by atoms with Crippen molar-refractivity contribution in [2.75, 3.05) is 32.8 Å². The smallest absolute Gasteiger partial charge is 0.191 e. The van der Waals surface area contributed by atoms with Gasteiger partial charge in [-0.1, -0.05) is 6.42 Å². The largest absolute Gasteiger partial charge is 0.375 e. The van der Waals surface area contributed by atoms with Crippen LogP contribution in [-0.4, -0.2) is 66.7 Å². The number of piperidine rings is 1. The van der Waals surface area contributed by atoms with Gasteiger partial charge in [-0.05, 0) is 39.2 Å². The topological polar surface area (TPSA) is 54.1 Å². The van der Waals surface area contributed by atoms with Crippen LogP contribution in [0.1, 0.15) is 39.0 Å². The Morgan fingerprint density at radius 2 is 2.10 bits per heavy atom. The van der Waals surface area contributed by atoms with Crippen LogP contribution in [0, 0.1) is 0 Å². The first-order valence-corrected chi connectivity index (χ1v) is 8.16. The van der Waals surface area contributed by atoms with Crippen LogP contribution in [0.4, 0.5) is 0 Å². The molecule has 114 valence electrons. The molecule has 0 amide bonds. The number of nitrogens with zero attached hydrogens (tertiary/aromatic N) is 3. The summed E-state index contributed by atoms with van der Waals surface area (Å²) in [4.78, 5) is 9.54. The zero-order chi connectivity index (χ0) is 13.9. The first-order chi connectivity index (χ1) is 9.74. The van der Waals surface area contributed by atoms with E-state index in [1.54, 1.807) is 0 Å². The maximum Gasteiger partial charge on any atom is 0.191 e. The van der Waals surface area contributed by atoms with E-state index in [4.69, 9.17) is 10.5 Å². The maximum absolute atomic E-state index is 6.17. The zero-order valence-corrected chi connectivity index (χ0v) is 12.6. The molecule has 2 unspecified atom stereocenters. The molecule has 2 atom stereocenters. The second-order valence-electron chi connectivity index (χ2n) is 6.44. The van der Waals surface area contributed by atoms with Crippen LogP contribution in [0.5, 0.6) is 0 Å². The highest BCUT2D eigenvalue weighted by atomic mass is 16.5. The van der Waals surface area contributed by atoms with Crippen LogP contribution < -0.4 is 5.73 Å². The predicted molar refractivity (Wildman–Crippen MR) is 80.8 cm³/mol. The van der Waals surface area contributed by atoms with Crippen molar-refractivity contribution in [2.24, 2.45) is 10.7 Å². The number of hydrogen-bond donors (Lipinski definition) is 1. The van der Waals surface area contributed by atoms with Crippen LogP contribution in [0.2, 0.25) is 0 Å². The van der Waals surface area contributed by atoms with E-state index >= 15 is 0 Å². The van der Waals surface area contributed by atoms with Gasteiger partial charge in [0.25, 0.3) is 0 Å². The number of hydrogen-bond acceptors (Lipinski definition) is 3. The lowest BCUT2D eigenvalue weighted by molar-refractivity contribution is 0.00522. The minimum absolute atomic E-state index is 0.259. The van der Waals surface area contributed by atoms with E-state index in [-0.39, 0.29) is 6.10 Å². The van der Waals surface area contributed by atoms with Crippen LogP contribution in [0.3, 0.4) is 0 Å². The number of ether oxygens (including phenoxy) is 1. The molecule has 20 heavy (non-hydrogen) atoms. The SMILES string of the molecule is CC1CN(C(N)=NCC2CCCCN2C2CC2)CCO1. The van der Waals surface area contributed by atoms with Crippen molar-refractivity contribution in [1.29, 1.82) is 0 Å². The molecular formula is C15H28N4O. The first kappa shape index (κ1) is 14.1. The first-order valence-electron chi connectivity index (χ1n) is 8.16. The van der Waals surface area contributed by atoms with Crippen molar-refractivity contribution in [3.8, 4) is 0 Å². The Balaban J connectivity index is 1.54. The van der Waals surface area contributed by atoms with Gasteiger partial charge in [0, 0.05) is 25.2 Å². The molecule has 5 nitrogen and oxygen atoms in total. The maximum atomic E-state index is 6.17. The highest BCUT2D eigenvalue weighted by Gasteiger charge is 2.35. The molecule has 0 aromatic rings. The van der Waals surface area contributed by atoms with E-state index in [2.05, 4.69) is 21.7 Å². The Kier molecular flexibility index (Phi) is 4.46. The number of guanidine groups is 1. The Hall–Kier alpha value is -0.810. The number of nitrogens with two attached hydrogens (primary N) is 1. The van der Waals surface area contributed by atoms with Crippen molar-refractivity contribution in [3.63, 3.8) is 0 Å². The fraction of sp³-hybridized carbons (Fsp3) is 0.933. The molecule has 3 rings (SSSR count). The Morgan fingerprint density at radius 1 is 1.25 bits per heavy atom. The molecule has 1 aliphatic carbocycles. The van der Waals surface area contributed by atoms with Crippen LogP contribution in [-0.2, 0) is 4.74 Å². The molecule has 3 fully saturated rings. The van der Waals surface area contributed by atoms with E-state index in [1.807, 2.05) is 0 Å². The fourth-order valence-corrected chi connectivity index (χ4v) is 3.43. The molecule has 2 N–H and O–H groups in total. The summed E-state index contributed by atoms with van der Waals surface area (Å²) in [5, 5.41) is 0. The van der Waals surface area contributed by atoms with Gasteiger partial charge in [-0.3, -0.25) is 9.89 Å². The molecule has 0 spiro atoms. The molecule has 0 radical (unpaired) electrons. The average molecular weight is 280 g/mol. The number of rotatable bonds is 3. The van der Waals surface area contributed by atoms with Crippen molar-refractivity contribution >= 4 is 5.96 Å². The summed E-state index contributed by atoms with van der Waals surface area (Å²) in [5.74, 6) is 0.710. The lowest BCUT2D eigenvalue weighted by atomic mass is 10.0. The standard InChI is InChI=1S/C15H28N4O/c1-12-11-18(8-9-20-12)15(16)17-10-14-4-2-3-7-19(14)13-5-6-13/h12-14H,2-11H2,1H3,(H2,16,17). The number of aliphatic imine (C=N–C) groups is 1. The zero-order valence-electron chi connectivity index (χ0n) is 12.6. The molecule has 2 saturated heterocycles. The van der Waals surface area contributed by atoms with Gasteiger partial charge in [0.05, 0.1) is 19.3 Å². The van der Waals surface area contributed by atoms with Crippen LogP contribution in [0.15, 0.2) is 4.99 Å². The Labute approximate surface area is 122 Å². The highest BCUT2D eigenvalue weighted by Crippen LogP contribution is 2.32. The molecule has 3 aliphatic rings. The van der Waals surface area contributed by atoms with Crippen molar-refractivity contribution in [3.05, 3.63) is 0 Å². The molecule has 2 aliphatic heterocycles. The van der Waals surface area contributed by atoms with E-state index in [9.17, 15) is 0 Å². The highest BCUT2D eigenvalue weighted by molar-refractivity contribution is 5.78. The molecular weight excluding hydrogens is 252 g/mol. The second kappa shape index (κ2) is 6.31. The van der Waals surface area contributed by atoms with E-state index < -0.39 is 0 Å². The summed E-state index contributed by atoms with van der Waals surface area (Å²) >= 11 is 0. The summed E-state index contributed by atoms with van der Waals surface area (Å²) in [7, 11) is 0. The predicted octanol–water partition coefficient (Wildman–Crippen LogP) is 1.04. The van der Waals surface area contributed by atoms with Crippen LogP contribution >= 0.6 is 0 Å². The second-order valence-corrected chi connectivity index (χ2v) is 6.44. The third kappa shape index (κ3) is 3.44. The summed E-state index contributed by atoms with van der Waals surface area (Å²) in [6.45, 7) is 6.72. The minimum atomic E-state index is 0.259. The lowest BCUT2D eigenvalue weighted by Crippen LogP contribution is -2.49. The lowest BCUT2D eigenvalue weighted by Gasteiger charge is -2.36. The van der Waals surface area contributed by atoms with E-state index in [0.717, 1.165) is 32.3 Å². The number of morpholine rings is 1. The van der Waals surface area contributed by atoms with Gasteiger partial charge in [0.1, 0.15) is 0 Å². The summed E-state index contributed by atoms with van der Waals surface area (Å²) < 4.78 is 5.55. The third-order valence-electron chi connectivity index (χ3n) is 4.72. The van der Waals surface area contributed by atoms with Gasteiger partial charge >= 0.3 is 0 Å². The Bertz CT molecular complexity index is 356. The van der Waals surface area contributed by atoms with Gasteiger partial charge in [-0.15, -0.1) is 0 Å². The van der Waals surface area contributed by atoms with Crippen molar-refractivity contribution in [1.82, 2.24) is 9.80 Å². The summed E-state index contributed by atoms with van der Waals surface area (Å²) in [6.07, 6.45) is 7.01. The molecule has 0 bridgehead atoms. The monoisotopic (exact) mass is 280 g/mol. The molecule has 5 heteroatoms. The van der Waals surface area contributed by atoms with Crippen LogP contribution in [0.25, 0.3) is 0 Å². The van der Waals surface area contributed by atoms with Gasteiger partial charge in [0.2, 0.25) is 0 Å². The van der Waals surface area contributed by atoms with Crippen molar-refractivity contribution in [2.45, 2.75) is 57.2 Å². The molecule has 2 heterocycles. The summed E-state index contributed by atoms with van der Waals surface area (Å²) in [5.41, 5.74) is 6.17. The van der Waals surface area contributed by atoms with E-state index in [0.29, 0.717) is 12.0 Å². The molecule has 0 aromatic heterocycles. The van der Waals surface area contributed by atoms with E-state index in [1.165, 1.54) is 38.6 Å². The van der Waals surface area contributed by atoms with Gasteiger partial charge < -0.3 is 15.4 Å². The van der Waals surface area contributed by atoms with Gasteiger partial charge in [-0.2, -0.15) is 0 Å². The third-order valence-corrected chi connectivity index (χ3v) is 4.72. The molecule has 0 aromatic carbocycles. The normalized spacial score (nSPS) is 33.5.